The minimum atomic E-state index is -4.06. The second-order valence-electron chi connectivity index (χ2n) is 3.78. The number of carbonyl (C=O) groups excluding carboxylic acids is 2. The molecule has 0 aliphatic carbocycles. The maximum absolute atomic E-state index is 11.4. The van der Waals surface area contributed by atoms with Crippen LogP contribution in [0.4, 0.5) is 0 Å². The number of primary sulfonamides is 1. The van der Waals surface area contributed by atoms with Crippen LogP contribution in [0.1, 0.15) is 22.8 Å². The molecule has 1 amide bonds. The van der Waals surface area contributed by atoms with Gasteiger partial charge in [0.2, 0.25) is 15.9 Å². The Morgan fingerprint density at radius 2 is 2.00 bits per heavy atom. The Bertz CT molecular complexity index is 610. The van der Waals surface area contributed by atoms with E-state index < -0.39 is 16.0 Å². The lowest BCUT2D eigenvalue weighted by atomic mass is 10.1. The molecule has 1 aromatic carbocycles. The topological polar surface area (TPSA) is 116 Å². The molecule has 7 nitrogen and oxygen atoms in total. The van der Waals surface area contributed by atoms with Gasteiger partial charge in [0, 0.05) is 13.5 Å². The van der Waals surface area contributed by atoms with E-state index in [-0.39, 0.29) is 22.9 Å². The van der Waals surface area contributed by atoms with E-state index in [0.717, 1.165) is 7.11 Å². The number of amides is 1. The molecule has 19 heavy (non-hydrogen) atoms. The maximum Gasteiger partial charge on any atom is 0.339 e. The Balaban J connectivity index is 3.24. The van der Waals surface area contributed by atoms with Gasteiger partial charge in [0.05, 0.1) is 17.6 Å². The Labute approximate surface area is 110 Å². The number of rotatable bonds is 4. The summed E-state index contributed by atoms with van der Waals surface area (Å²) < 4.78 is 27.4. The highest BCUT2D eigenvalue weighted by atomic mass is 32.2. The highest BCUT2D eigenvalue weighted by Crippen LogP contribution is 2.17. The highest BCUT2D eigenvalue weighted by molar-refractivity contribution is 7.89. The molecule has 0 atom stereocenters. The molecule has 0 spiro atoms. The molecule has 0 aliphatic heterocycles. The first-order valence-corrected chi connectivity index (χ1v) is 6.79. The summed E-state index contributed by atoms with van der Waals surface area (Å²) in [5.41, 5.74) is 0.364. The monoisotopic (exact) mass is 286 g/mol. The number of methoxy groups -OCH3 is 1. The molecule has 0 bridgehead atoms. The fraction of sp³-hybridized carbons (Fsp3) is 0.273. The second kappa shape index (κ2) is 5.81. The molecule has 0 unspecified atom stereocenters. The fourth-order valence-electron chi connectivity index (χ4n) is 1.42. The van der Waals surface area contributed by atoms with Crippen molar-refractivity contribution in [1.82, 2.24) is 5.32 Å². The van der Waals surface area contributed by atoms with Gasteiger partial charge in [-0.1, -0.05) is 6.07 Å². The predicted molar refractivity (Wildman–Crippen MR) is 66.7 cm³/mol. The number of hydrogen-bond acceptors (Lipinski definition) is 5. The van der Waals surface area contributed by atoms with Gasteiger partial charge in [0.25, 0.3) is 0 Å². The zero-order chi connectivity index (χ0) is 14.6. The van der Waals surface area contributed by atoms with E-state index in [2.05, 4.69) is 10.1 Å². The van der Waals surface area contributed by atoms with Crippen LogP contribution in [0.3, 0.4) is 0 Å². The van der Waals surface area contributed by atoms with E-state index in [4.69, 9.17) is 5.14 Å². The smallest absolute Gasteiger partial charge is 0.339 e. The summed E-state index contributed by atoms with van der Waals surface area (Å²) in [6.45, 7) is 1.47. The summed E-state index contributed by atoms with van der Waals surface area (Å²) in [6.07, 6.45) is 0. The SMILES string of the molecule is COC(=O)c1ccc(CNC(C)=O)cc1S(N)(=O)=O. The lowest BCUT2D eigenvalue weighted by Crippen LogP contribution is -2.21. The van der Waals surface area contributed by atoms with Gasteiger partial charge in [-0.15, -0.1) is 0 Å². The van der Waals surface area contributed by atoms with Gasteiger partial charge in [-0.05, 0) is 17.7 Å². The second-order valence-corrected chi connectivity index (χ2v) is 5.31. The average Bonchev–Trinajstić information content (AvgIpc) is 2.34. The number of nitrogens with one attached hydrogen (secondary N) is 1. The van der Waals surface area contributed by atoms with Gasteiger partial charge < -0.3 is 10.1 Å². The van der Waals surface area contributed by atoms with Crippen LogP contribution in [-0.4, -0.2) is 27.4 Å². The molecular weight excluding hydrogens is 272 g/mol. The van der Waals surface area contributed by atoms with Gasteiger partial charge in [-0.2, -0.15) is 0 Å². The zero-order valence-corrected chi connectivity index (χ0v) is 11.3. The Morgan fingerprint density at radius 1 is 1.37 bits per heavy atom. The molecule has 1 aromatic rings. The molecule has 104 valence electrons. The zero-order valence-electron chi connectivity index (χ0n) is 10.5. The first-order valence-electron chi connectivity index (χ1n) is 5.24. The van der Waals surface area contributed by atoms with Crippen molar-refractivity contribution in [1.29, 1.82) is 0 Å². The van der Waals surface area contributed by atoms with Crippen molar-refractivity contribution in [3.05, 3.63) is 29.3 Å². The van der Waals surface area contributed by atoms with Crippen molar-refractivity contribution < 1.29 is 22.7 Å². The summed E-state index contributed by atoms with van der Waals surface area (Å²) >= 11 is 0. The minimum Gasteiger partial charge on any atom is -0.465 e. The number of sulfonamides is 1. The quantitative estimate of drug-likeness (QED) is 0.741. The number of hydrogen-bond donors (Lipinski definition) is 2. The molecule has 0 radical (unpaired) electrons. The van der Waals surface area contributed by atoms with E-state index in [9.17, 15) is 18.0 Å². The minimum absolute atomic E-state index is 0.138. The number of esters is 1. The highest BCUT2D eigenvalue weighted by Gasteiger charge is 2.20. The van der Waals surface area contributed by atoms with Crippen LogP contribution in [0.2, 0.25) is 0 Å². The lowest BCUT2D eigenvalue weighted by molar-refractivity contribution is -0.119. The van der Waals surface area contributed by atoms with E-state index in [1.165, 1.54) is 25.1 Å². The third kappa shape index (κ3) is 4.04. The van der Waals surface area contributed by atoms with Crippen molar-refractivity contribution in [2.45, 2.75) is 18.4 Å². The molecular formula is C11H14N2O5S. The van der Waals surface area contributed by atoms with Crippen molar-refractivity contribution in [3.63, 3.8) is 0 Å². The number of ether oxygens (including phenoxy) is 1. The molecule has 1 rings (SSSR count). The van der Waals surface area contributed by atoms with Crippen LogP contribution < -0.4 is 10.5 Å². The number of benzene rings is 1. The first-order chi connectivity index (χ1) is 8.75. The molecule has 0 aromatic heterocycles. The van der Waals surface area contributed by atoms with Gasteiger partial charge in [-0.3, -0.25) is 4.79 Å². The van der Waals surface area contributed by atoms with Gasteiger partial charge in [0.15, 0.2) is 0 Å². The summed E-state index contributed by atoms with van der Waals surface area (Å²) in [6, 6.07) is 4.04. The fourth-order valence-corrected chi connectivity index (χ4v) is 2.19. The van der Waals surface area contributed by atoms with E-state index in [1.54, 1.807) is 0 Å². The maximum atomic E-state index is 11.4. The van der Waals surface area contributed by atoms with Crippen LogP contribution in [0.5, 0.6) is 0 Å². The summed E-state index contributed by atoms with van der Waals surface area (Å²) in [5.74, 6) is -1.05. The number of nitrogens with two attached hydrogens (primary N) is 1. The van der Waals surface area contributed by atoms with E-state index in [1.807, 2.05) is 0 Å². The summed E-state index contributed by atoms with van der Waals surface area (Å²) in [7, 11) is -2.92. The van der Waals surface area contributed by atoms with E-state index in [0.29, 0.717) is 5.56 Å². The van der Waals surface area contributed by atoms with Crippen molar-refractivity contribution >= 4 is 21.9 Å². The normalized spacial score (nSPS) is 10.9. The molecule has 0 saturated heterocycles. The molecule has 0 aliphatic rings. The first kappa shape index (κ1) is 15.1. The Kier molecular flexibility index (Phi) is 4.62. The van der Waals surface area contributed by atoms with Gasteiger partial charge >= 0.3 is 5.97 Å². The third-order valence-corrected chi connectivity index (χ3v) is 3.25. The predicted octanol–water partition coefficient (Wildman–Crippen LogP) is -0.243. The lowest BCUT2D eigenvalue weighted by Gasteiger charge is -2.09. The van der Waals surface area contributed by atoms with Crippen LogP contribution in [-0.2, 0) is 26.1 Å². The third-order valence-electron chi connectivity index (χ3n) is 2.30. The largest absolute Gasteiger partial charge is 0.465 e. The van der Waals surface area contributed by atoms with E-state index >= 15 is 0 Å². The average molecular weight is 286 g/mol. The van der Waals surface area contributed by atoms with Crippen molar-refractivity contribution in [2.24, 2.45) is 5.14 Å². The molecule has 8 heteroatoms. The van der Waals surface area contributed by atoms with Crippen LogP contribution in [0.15, 0.2) is 23.1 Å². The Morgan fingerprint density at radius 3 is 2.47 bits per heavy atom. The van der Waals surface area contributed by atoms with Crippen molar-refractivity contribution in [3.8, 4) is 0 Å². The van der Waals surface area contributed by atoms with Crippen molar-refractivity contribution in [2.75, 3.05) is 7.11 Å². The Hall–Kier alpha value is -1.93. The molecule has 3 N–H and O–H groups in total. The van der Waals surface area contributed by atoms with Crippen LogP contribution in [0.25, 0.3) is 0 Å². The van der Waals surface area contributed by atoms with Gasteiger partial charge in [0.1, 0.15) is 0 Å². The molecule has 0 fully saturated rings. The molecule has 0 saturated carbocycles. The summed E-state index contributed by atoms with van der Waals surface area (Å²) in [5, 5.41) is 7.56. The number of carbonyl (C=O) groups is 2. The van der Waals surface area contributed by atoms with Crippen LogP contribution in [0, 0.1) is 0 Å². The molecule has 0 heterocycles. The summed E-state index contributed by atoms with van der Waals surface area (Å²) in [4.78, 5) is 21.9. The van der Waals surface area contributed by atoms with Gasteiger partial charge in [-0.25, -0.2) is 18.4 Å². The standard InChI is InChI=1S/C11H14N2O5S/c1-7(14)13-6-8-3-4-9(11(15)18-2)10(5-8)19(12,16)17/h3-5H,6H2,1-2H3,(H,13,14)(H2,12,16,17). The van der Waals surface area contributed by atoms with Crippen LogP contribution >= 0.6 is 0 Å².